The molecular formula is C26H30N4O4S. The Labute approximate surface area is 206 Å². The smallest absolute Gasteiger partial charge is 0.251 e. The Morgan fingerprint density at radius 1 is 0.829 bits per heavy atom. The molecule has 0 spiro atoms. The summed E-state index contributed by atoms with van der Waals surface area (Å²) < 4.78 is 26.6. The highest BCUT2D eigenvalue weighted by molar-refractivity contribution is 7.89. The minimum absolute atomic E-state index is 0.0129. The van der Waals surface area contributed by atoms with Gasteiger partial charge in [-0.2, -0.15) is 0 Å². The number of nitrogens with zero attached hydrogens (tertiary/aromatic N) is 1. The Morgan fingerprint density at radius 3 is 2.09 bits per heavy atom. The maximum Gasteiger partial charge on any atom is 0.251 e. The minimum Gasteiger partial charge on any atom is -0.381 e. The van der Waals surface area contributed by atoms with Crippen molar-refractivity contribution in [1.29, 1.82) is 0 Å². The van der Waals surface area contributed by atoms with Crippen molar-refractivity contribution in [2.45, 2.75) is 18.4 Å². The Bertz CT molecular complexity index is 1270. The van der Waals surface area contributed by atoms with Crippen LogP contribution < -0.4 is 16.0 Å². The minimum atomic E-state index is -3.75. The van der Waals surface area contributed by atoms with Gasteiger partial charge in [0.25, 0.3) is 5.91 Å². The fourth-order valence-corrected chi connectivity index (χ4v) is 4.33. The molecule has 0 unspecified atom stereocenters. The molecule has 0 aliphatic heterocycles. The number of carbonyl (C=O) groups excluding carboxylic acids is 2. The molecule has 0 saturated heterocycles. The molecule has 8 nitrogen and oxygen atoms in total. The number of benzene rings is 3. The van der Waals surface area contributed by atoms with Crippen molar-refractivity contribution in [3.8, 4) is 11.1 Å². The topological polar surface area (TPSA) is 108 Å². The van der Waals surface area contributed by atoms with Crippen LogP contribution in [0, 0.1) is 0 Å². The van der Waals surface area contributed by atoms with Crippen molar-refractivity contribution in [3.63, 3.8) is 0 Å². The van der Waals surface area contributed by atoms with E-state index in [2.05, 4.69) is 16.0 Å². The van der Waals surface area contributed by atoms with E-state index in [1.165, 1.54) is 33.2 Å². The Balaban J connectivity index is 1.77. The van der Waals surface area contributed by atoms with Gasteiger partial charge in [0.15, 0.2) is 0 Å². The van der Waals surface area contributed by atoms with Crippen molar-refractivity contribution in [2.24, 2.45) is 0 Å². The van der Waals surface area contributed by atoms with Gasteiger partial charge in [-0.1, -0.05) is 54.6 Å². The van der Waals surface area contributed by atoms with E-state index >= 15 is 0 Å². The largest absolute Gasteiger partial charge is 0.381 e. The molecule has 184 valence electrons. The molecule has 2 amide bonds. The Kier molecular flexibility index (Phi) is 8.62. The number of hydrogen-bond acceptors (Lipinski definition) is 5. The second-order valence-electron chi connectivity index (χ2n) is 8.19. The first-order valence-corrected chi connectivity index (χ1v) is 12.6. The van der Waals surface area contributed by atoms with Gasteiger partial charge in [-0.25, -0.2) is 12.7 Å². The van der Waals surface area contributed by atoms with E-state index in [9.17, 15) is 18.0 Å². The summed E-state index contributed by atoms with van der Waals surface area (Å²) in [6, 6.07) is 22.6. The van der Waals surface area contributed by atoms with Gasteiger partial charge in [-0.15, -0.1) is 0 Å². The number of nitrogens with one attached hydrogen (secondary N) is 3. The van der Waals surface area contributed by atoms with Crippen LogP contribution >= 0.6 is 0 Å². The summed E-state index contributed by atoms with van der Waals surface area (Å²) in [5.41, 5.74) is 3.95. The predicted molar refractivity (Wildman–Crippen MR) is 138 cm³/mol. The maximum absolute atomic E-state index is 12.8. The summed E-state index contributed by atoms with van der Waals surface area (Å²) in [5.74, 6) is -0.622. The van der Waals surface area contributed by atoms with Crippen LogP contribution in [-0.4, -0.2) is 51.7 Å². The summed E-state index contributed by atoms with van der Waals surface area (Å²) in [6.45, 7) is 2.34. The van der Waals surface area contributed by atoms with Gasteiger partial charge >= 0.3 is 0 Å². The molecule has 0 radical (unpaired) electrons. The van der Waals surface area contributed by atoms with E-state index in [4.69, 9.17) is 0 Å². The summed E-state index contributed by atoms with van der Waals surface area (Å²) >= 11 is 0. The van der Waals surface area contributed by atoms with Crippen LogP contribution in [0.4, 0.5) is 5.69 Å². The van der Waals surface area contributed by atoms with Crippen LogP contribution in [0.1, 0.15) is 22.8 Å². The van der Waals surface area contributed by atoms with Crippen LogP contribution in [-0.2, 0) is 21.4 Å². The molecule has 0 heterocycles. The van der Waals surface area contributed by atoms with Crippen molar-refractivity contribution in [3.05, 3.63) is 83.9 Å². The zero-order valence-electron chi connectivity index (χ0n) is 20.0. The maximum atomic E-state index is 12.8. The SMILES string of the molecule is CC(=O)NCCNC(=O)c1cc(NCc2ccc(-c3ccccc3)cc2)cc(S(=O)(=O)N(C)C)c1. The van der Waals surface area contributed by atoms with Gasteiger partial charge in [0.1, 0.15) is 0 Å². The molecule has 0 aliphatic carbocycles. The van der Waals surface area contributed by atoms with E-state index in [0.29, 0.717) is 12.2 Å². The number of anilines is 1. The van der Waals surface area contributed by atoms with Crippen molar-refractivity contribution in [1.82, 2.24) is 14.9 Å². The lowest BCUT2D eigenvalue weighted by Crippen LogP contribution is -2.33. The molecule has 9 heteroatoms. The molecule has 3 aromatic carbocycles. The van der Waals surface area contributed by atoms with Gasteiger partial charge in [0.2, 0.25) is 15.9 Å². The summed E-state index contributed by atoms with van der Waals surface area (Å²) in [6.07, 6.45) is 0. The van der Waals surface area contributed by atoms with Gasteiger partial charge in [-0.05, 0) is 34.9 Å². The molecule has 3 N–H and O–H groups in total. The Hall–Kier alpha value is -3.69. The number of amides is 2. The average Bonchev–Trinajstić information content (AvgIpc) is 2.85. The first-order valence-electron chi connectivity index (χ1n) is 11.2. The van der Waals surface area contributed by atoms with E-state index in [1.54, 1.807) is 6.07 Å². The third-order valence-corrected chi connectivity index (χ3v) is 7.08. The van der Waals surface area contributed by atoms with Crippen LogP contribution in [0.5, 0.6) is 0 Å². The lowest BCUT2D eigenvalue weighted by atomic mass is 10.0. The predicted octanol–water partition coefficient (Wildman–Crippen LogP) is 3.08. The summed E-state index contributed by atoms with van der Waals surface area (Å²) in [7, 11) is -0.872. The molecule has 0 saturated carbocycles. The van der Waals surface area contributed by atoms with Crippen LogP contribution in [0.15, 0.2) is 77.7 Å². The van der Waals surface area contributed by atoms with E-state index in [1.807, 2.05) is 54.6 Å². The highest BCUT2D eigenvalue weighted by Crippen LogP contribution is 2.23. The van der Waals surface area contributed by atoms with Crippen molar-refractivity contribution in [2.75, 3.05) is 32.5 Å². The highest BCUT2D eigenvalue weighted by Gasteiger charge is 2.20. The number of carbonyl (C=O) groups is 2. The van der Waals surface area contributed by atoms with Crippen LogP contribution in [0.25, 0.3) is 11.1 Å². The summed E-state index contributed by atoms with van der Waals surface area (Å²) in [5, 5.41) is 8.52. The third kappa shape index (κ3) is 7.14. The molecule has 0 aliphatic rings. The van der Waals surface area contributed by atoms with Gasteiger partial charge < -0.3 is 16.0 Å². The average molecular weight is 495 g/mol. The number of sulfonamides is 1. The lowest BCUT2D eigenvalue weighted by molar-refractivity contribution is -0.118. The molecule has 35 heavy (non-hydrogen) atoms. The zero-order valence-corrected chi connectivity index (χ0v) is 20.9. The molecule has 0 aromatic heterocycles. The molecule has 0 atom stereocenters. The summed E-state index contributed by atoms with van der Waals surface area (Å²) in [4.78, 5) is 23.7. The fraction of sp³-hybridized carbons (Fsp3) is 0.231. The zero-order chi connectivity index (χ0) is 25.4. The molecule has 3 rings (SSSR count). The number of rotatable bonds is 10. The molecule has 3 aromatic rings. The van der Waals surface area contributed by atoms with Crippen LogP contribution in [0.3, 0.4) is 0 Å². The molecule has 0 bridgehead atoms. The van der Waals surface area contributed by atoms with E-state index in [-0.39, 0.29) is 29.5 Å². The van der Waals surface area contributed by atoms with E-state index < -0.39 is 15.9 Å². The first-order chi connectivity index (χ1) is 16.7. The lowest BCUT2D eigenvalue weighted by Gasteiger charge is -2.15. The van der Waals surface area contributed by atoms with Crippen LogP contribution in [0.2, 0.25) is 0 Å². The first kappa shape index (κ1) is 25.9. The number of hydrogen-bond donors (Lipinski definition) is 3. The normalized spacial score (nSPS) is 11.2. The van der Waals surface area contributed by atoms with Gasteiger partial charge in [0.05, 0.1) is 4.90 Å². The quantitative estimate of drug-likeness (QED) is 0.376. The van der Waals surface area contributed by atoms with Crippen molar-refractivity contribution >= 4 is 27.5 Å². The van der Waals surface area contributed by atoms with E-state index in [0.717, 1.165) is 21.0 Å². The Morgan fingerprint density at radius 2 is 1.46 bits per heavy atom. The van der Waals surface area contributed by atoms with Crippen molar-refractivity contribution < 1.29 is 18.0 Å². The van der Waals surface area contributed by atoms with Gasteiger partial charge in [-0.3, -0.25) is 9.59 Å². The monoisotopic (exact) mass is 494 g/mol. The fourth-order valence-electron chi connectivity index (χ4n) is 3.36. The molecular weight excluding hydrogens is 464 g/mol. The second-order valence-corrected chi connectivity index (χ2v) is 10.3. The second kappa shape index (κ2) is 11.6. The molecule has 0 fully saturated rings. The standard InChI is InChI=1S/C26H30N4O4S/c1-19(31)27-13-14-28-26(32)23-15-24(17-25(16-23)35(33,34)30(2)3)29-18-20-9-11-22(12-10-20)21-7-5-4-6-8-21/h4-12,15-17,29H,13-14,18H2,1-3H3,(H,27,31)(H,28,32). The third-order valence-electron chi connectivity index (χ3n) is 5.29. The van der Waals surface area contributed by atoms with Gasteiger partial charge in [0, 0.05) is 51.9 Å². The highest BCUT2D eigenvalue weighted by atomic mass is 32.2.